The fourth-order valence-corrected chi connectivity index (χ4v) is 2.60. The van der Waals surface area contributed by atoms with Gasteiger partial charge in [0.05, 0.1) is 31.2 Å². The first-order valence-corrected chi connectivity index (χ1v) is 7.79. The number of hydrogen-bond donors (Lipinski definition) is 2. The van der Waals surface area contributed by atoms with E-state index >= 15 is 0 Å². The van der Waals surface area contributed by atoms with Gasteiger partial charge in [0.25, 0.3) is 5.56 Å². The van der Waals surface area contributed by atoms with Crippen LogP contribution in [0.25, 0.3) is 23.1 Å². The van der Waals surface area contributed by atoms with Crippen molar-refractivity contribution in [3.05, 3.63) is 64.2 Å². The molecule has 6 nitrogen and oxygen atoms in total. The first-order valence-electron chi connectivity index (χ1n) is 7.79. The molecule has 1 aromatic heterocycles. The summed E-state index contributed by atoms with van der Waals surface area (Å²) >= 11 is 0. The molecule has 0 radical (unpaired) electrons. The fraction of sp³-hybridized carbons (Fsp3) is 0.158. The molecule has 3 rings (SSSR count). The highest BCUT2D eigenvalue weighted by Crippen LogP contribution is 2.27. The zero-order valence-corrected chi connectivity index (χ0v) is 13.7. The van der Waals surface area contributed by atoms with Gasteiger partial charge in [0.2, 0.25) is 0 Å². The second-order valence-electron chi connectivity index (χ2n) is 5.43. The third kappa shape index (κ3) is 3.39. The third-order valence-corrected chi connectivity index (χ3v) is 3.84. The van der Waals surface area contributed by atoms with Crippen LogP contribution in [0.15, 0.2) is 47.3 Å². The molecule has 0 fully saturated rings. The van der Waals surface area contributed by atoms with Crippen molar-refractivity contribution in [1.82, 2.24) is 9.55 Å². The normalized spacial score (nSPS) is 11.3. The summed E-state index contributed by atoms with van der Waals surface area (Å²) in [6.45, 7) is 0.00301. The Balaban J connectivity index is 2.08. The zero-order valence-electron chi connectivity index (χ0n) is 13.7. The Morgan fingerprint density at radius 2 is 2.00 bits per heavy atom. The lowest BCUT2D eigenvalue weighted by molar-refractivity contribution is 0.273. The molecular formula is C19H18N2O4. The molecule has 25 heavy (non-hydrogen) atoms. The van der Waals surface area contributed by atoms with Crippen molar-refractivity contribution in [3.63, 3.8) is 0 Å². The smallest absolute Gasteiger partial charge is 0.261 e. The highest BCUT2D eigenvalue weighted by Gasteiger charge is 2.08. The maximum atomic E-state index is 12.6. The minimum atomic E-state index is -0.192. The number of phenolic OH excluding ortho intramolecular Hbond substituents is 1. The van der Waals surface area contributed by atoms with Gasteiger partial charge >= 0.3 is 0 Å². The largest absolute Gasteiger partial charge is 0.504 e. The molecule has 0 saturated heterocycles. The monoisotopic (exact) mass is 338 g/mol. The lowest BCUT2D eigenvalue weighted by Gasteiger charge is -2.10. The number of aliphatic hydroxyl groups is 1. The molecular weight excluding hydrogens is 320 g/mol. The average molecular weight is 338 g/mol. The molecule has 0 unspecified atom stereocenters. The highest BCUT2D eigenvalue weighted by atomic mass is 16.5. The van der Waals surface area contributed by atoms with E-state index in [1.165, 1.54) is 17.7 Å². The first kappa shape index (κ1) is 16.7. The van der Waals surface area contributed by atoms with Crippen molar-refractivity contribution in [2.75, 3.05) is 13.7 Å². The van der Waals surface area contributed by atoms with Gasteiger partial charge in [-0.2, -0.15) is 0 Å². The van der Waals surface area contributed by atoms with Crippen LogP contribution < -0.4 is 10.3 Å². The number of aliphatic hydroxyl groups excluding tert-OH is 1. The SMILES string of the molecule is COc1cc(C=Cc2nc3ccccc3c(=O)n2CCO)ccc1O. The summed E-state index contributed by atoms with van der Waals surface area (Å²) in [6, 6.07) is 12.0. The Morgan fingerprint density at radius 1 is 1.20 bits per heavy atom. The molecule has 0 aliphatic heterocycles. The molecule has 0 amide bonds. The van der Waals surface area contributed by atoms with Crippen LogP contribution in [0.3, 0.4) is 0 Å². The fourth-order valence-electron chi connectivity index (χ4n) is 2.60. The van der Waals surface area contributed by atoms with Crippen LogP contribution in [0.4, 0.5) is 0 Å². The summed E-state index contributed by atoms with van der Waals surface area (Å²) in [5.41, 5.74) is 1.19. The average Bonchev–Trinajstić information content (AvgIpc) is 2.64. The van der Waals surface area contributed by atoms with Gasteiger partial charge in [-0.1, -0.05) is 24.3 Å². The van der Waals surface area contributed by atoms with Gasteiger partial charge in [-0.05, 0) is 35.9 Å². The second kappa shape index (κ2) is 7.19. The number of para-hydroxylation sites is 1. The quantitative estimate of drug-likeness (QED) is 0.745. The summed E-state index contributed by atoms with van der Waals surface area (Å²) in [5, 5.41) is 19.4. The van der Waals surface area contributed by atoms with E-state index in [-0.39, 0.29) is 24.5 Å². The van der Waals surface area contributed by atoms with E-state index in [0.29, 0.717) is 22.5 Å². The molecule has 2 N–H and O–H groups in total. The number of phenols is 1. The van der Waals surface area contributed by atoms with Crippen molar-refractivity contribution >= 4 is 23.1 Å². The molecule has 0 bridgehead atoms. The Kier molecular flexibility index (Phi) is 4.81. The van der Waals surface area contributed by atoms with Crippen molar-refractivity contribution < 1.29 is 14.9 Å². The van der Waals surface area contributed by atoms with Gasteiger partial charge in [0.1, 0.15) is 5.82 Å². The van der Waals surface area contributed by atoms with Crippen LogP contribution in [0.2, 0.25) is 0 Å². The maximum absolute atomic E-state index is 12.6. The van der Waals surface area contributed by atoms with E-state index < -0.39 is 0 Å². The van der Waals surface area contributed by atoms with Crippen LogP contribution in [0, 0.1) is 0 Å². The highest BCUT2D eigenvalue weighted by molar-refractivity contribution is 5.79. The van der Waals surface area contributed by atoms with E-state index in [2.05, 4.69) is 4.98 Å². The number of ether oxygens (including phenoxy) is 1. The van der Waals surface area contributed by atoms with E-state index in [1.807, 2.05) is 6.07 Å². The molecule has 0 aliphatic carbocycles. The number of benzene rings is 2. The number of rotatable bonds is 5. The van der Waals surface area contributed by atoms with E-state index in [1.54, 1.807) is 42.5 Å². The first-order chi connectivity index (χ1) is 12.1. The van der Waals surface area contributed by atoms with Crippen molar-refractivity contribution in [2.45, 2.75) is 6.54 Å². The van der Waals surface area contributed by atoms with Gasteiger partial charge < -0.3 is 14.9 Å². The van der Waals surface area contributed by atoms with Crippen molar-refractivity contribution in [2.24, 2.45) is 0 Å². The summed E-state index contributed by atoms with van der Waals surface area (Å²) in [5.74, 6) is 0.867. The van der Waals surface area contributed by atoms with Gasteiger partial charge in [-0.3, -0.25) is 9.36 Å². The molecule has 0 aliphatic rings. The summed E-state index contributed by atoms with van der Waals surface area (Å²) in [7, 11) is 1.48. The van der Waals surface area contributed by atoms with E-state index in [4.69, 9.17) is 4.74 Å². The van der Waals surface area contributed by atoms with Gasteiger partial charge in [-0.15, -0.1) is 0 Å². The Hall–Kier alpha value is -3.12. The predicted octanol–water partition coefficient (Wildman–Crippen LogP) is 2.27. The number of aromatic hydroxyl groups is 1. The van der Waals surface area contributed by atoms with E-state index in [9.17, 15) is 15.0 Å². The lowest BCUT2D eigenvalue weighted by Crippen LogP contribution is -2.25. The topological polar surface area (TPSA) is 84.6 Å². The Labute approximate surface area is 144 Å². The summed E-state index contributed by atoms with van der Waals surface area (Å²) in [4.78, 5) is 17.1. The number of fused-ring (bicyclic) bond motifs is 1. The van der Waals surface area contributed by atoms with Crippen molar-refractivity contribution in [3.8, 4) is 11.5 Å². The summed E-state index contributed by atoms with van der Waals surface area (Å²) < 4.78 is 6.53. The summed E-state index contributed by atoms with van der Waals surface area (Å²) in [6.07, 6.45) is 3.47. The van der Waals surface area contributed by atoms with Crippen LogP contribution in [0.1, 0.15) is 11.4 Å². The number of aromatic nitrogens is 2. The molecule has 1 heterocycles. The minimum absolute atomic E-state index is 0.0562. The molecule has 0 saturated carbocycles. The minimum Gasteiger partial charge on any atom is -0.504 e. The van der Waals surface area contributed by atoms with Crippen LogP contribution in [-0.2, 0) is 6.54 Å². The van der Waals surface area contributed by atoms with Crippen LogP contribution in [-0.4, -0.2) is 33.5 Å². The Morgan fingerprint density at radius 3 is 2.76 bits per heavy atom. The number of hydrogen-bond acceptors (Lipinski definition) is 5. The van der Waals surface area contributed by atoms with Crippen molar-refractivity contribution in [1.29, 1.82) is 0 Å². The standard InChI is InChI=1S/C19H18N2O4/c1-25-17-12-13(6-8-16(17)23)7-9-18-20-15-5-3-2-4-14(15)19(24)21(18)10-11-22/h2-9,12,22-23H,10-11H2,1H3. The second-order valence-corrected chi connectivity index (χ2v) is 5.43. The molecule has 6 heteroatoms. The van der Waals surface area contributed by atoms with Gasteiger partial charge in [0.15, 0.2) is 11.5 Å². The van der Waals surface area contributed by atoms with E-state index in [0.717, 1.165) is 5.56 Å². The molecule has 0 atom stereocenters. The Bertz CT molecular complexity index is 992. The molecule has 3 aromatic rings. The predicted molar refractivity (Wildman–Crippen MR) is 96.7 cm³/mol. The number of nitrogens with zero attached hydrogens (tertiary/aromatic N) is 2. The molecule has 0 spiro atoms. The molecule has 2 aromatic carbocycles. The lowest BCUT2D eigenvalue weighted by atomic mass is 10.2. The zero-order chi connectivity index (χ0) is 17.8. The third-order valence-electron chi connectivity index (χ3n) is 3.84. The van der Waals surface area contributed by atoms with Crippen LogP contribution in [0.5, 0.6) is 11.5 Å². The van der Waals surface area contributed by atoms with Crippen LogP contribution >= 0.6 is 0 Å². The number of methoxy groups -OCH3 is 1. The molecule has 128 valence electrons. The maximum Gasteiger partial charge on any atom is 0.261 e. The van der Waals surface area contributed by atoms with Gasteiger partial charge in [-0.25, -0.2) is 4.98 Å². The van der Waals surface area contributed by atoms with Gasteiger partial charge in [0, 0.05) is 0 Å².